The van der Waals surface area contributed by atoms with Gasteiger partial charge < -0.3 is 4.74 Å². The minimum Gasteiger partial charge on any atom is -0.374 e. The Labute approximate surface area is 91.3 Å². The van der Waals surface area contributed by atoms with E-state index in [-0.39, 0.29) is 11.9 Å². The van der Waals surface area contributed by atoms with Crippen molar-refractivity contribution < 1.29 is 9.53 Å². The van der Waals surface area contributed by atoms with E-state index in [4.69, 9.17) is 4.74 Å². The van der Waals surface area contributed by atoms with Gasteiger partial charge in [-0.05, 0) is 25.8 Å². The number of rotatable bonds is 5. The third-order valence-corrected chi connectivity index (χ3v) is 2.47. The van der Waals surface area contributed by atoms with Crippen molar-refractivity contribution in [3.8, 4) is 0 Å². The highest BCUT2D eigenvalue weighted by atomic mass is 16.5. The zero-order chi connectivity index (χ0) is 11.3. The molecule has 0 aliphatic rings. The number of Topliss-reactive ketones (excluding diaryl/α,β-unsaturated/α-hetero) is 1. The zero-order valence-electron chi connectivity index (χ0n) is 9.62. The highest BCUT2D eigenvalue weighted by molar-refractivity contribution is 5.93. The van der Waals surface area contributed by atoms with Crippen LogP contribution in [0.15, 0.2) is 24.3 Å². The molecule has 0 heterocycles. The Morgan fingerprint density at radius 2 is 1.93 bits per heavy atom. The first-order valence-corrected chi connectivity index (χ1v) is 5.35. The molecule has 0 aliphatic heterocycles. The van der Waals surface area contributed by atoms with E-state index in [1.165, 1.54) is 0 Å². The van der Waals surface area contributed by atoms with Crippen molar-refractivity contribution in [2.75, 3.05) is 0 Å². The number of carbonyl (C=O) groups is 1. The number of hydrogen-bond acceptors (Lipinski definition) is 2. The Bertz CT molecular complexity index is 314. The van der Waals surface area contributed by atoms with Gasteiger partial charge in [-0.15, -0.1) is 0 Å². The van der Waals surface area contributed by atoms with Gasteiger partial charge in [0.15, 0.2) is 5.78 Å². The zero-order valence-corrected chi connectivity index (χ0v) is 9.62. The molecule has 82 valence electrons. The Morgan fingerprint density at radius 1 is 1.33 bits per heavy atom. The van der Waals surface area contributed by atoms with E-state index in [0.29, 0.717) is 6.61 Å². The maximum atomic E-state index is 11.0. The summed E-state index contributed by atoms with van der Waals surface area (Å²) in [6, 6.07) is 7.58. The second-order valence-electron chi connectivity index (χ2n) is 3.78. The summed E-state index contributed by atoms with van der Waals surface area (Å²) < 4.78 is 5.59. The van der Waals surface area contributed by atoms with E-state index < -0.39 is 0 Å². The predicted molar refractivity (Wildman–Crippen MR) is 61.0 cm³/mol. The molecule has 0 aromatic heterocycles. The molecule has 1 rings (SSSR count). The summed E-state index contributed by atoms with van der Waals surface area (Å²) in [6.45, 7) is 6.35. The van der Waals surface area contributed by atoms with Gasteiger partial charge in [0, 0.05) is 5.56 Å². The van der Waals surface area contributed by atoms with Crippen molar-refractivity contribution in [1.29, 1.82) is 0 Å². The monoisotopic (exact) mass is 206 g/mol. The van der Waals surface area contributed by atoms with Crippen LogP contribution in [0.25, 0.3) is 0 Å². The lowest BCUT2D eigenvalue weighted by atomic mass is 10.1. The highest BCUT2D eigenvalue weighted by Gasteiger charge is 2.01. The van der Waals surface area contributed by atoms with E-state index in [2.05, 4.69) is 13.8 Å². The van der Waals surface area contributed by atoms with Crippen LogP contribution in [0.1, 0.15) is 43.1 Å². The minimum atomic E-state index is 0.101. The van der Waals surface area contributed by atoms with Gasteiger partial charge in [0.25, 0.3) is 0 Å². The van der Waals surface area contributed by atoms with Crippen molar-refractivity contribution in [2.24, 2.45) is 0 Å². The van der Waals surface area contributed by atoms with E-state index in [0.717, 1.165) is 17.5 Å². The fraction of sp³-hybridized carbons (Fsp3) is 0.462. The number of hydrogen-bond donors (Lipinski definition) is 0. The molecule has 0 aliphatic carbocycles. The molecule has 2 heteroatoms. The summed E-state index contributed by atoms with van der Waals surface area (Å²) in [6.07, 6.45) is 1.31. The SMILES string of the molecule is CC[C@@H](C)OCc1ccc(C(C)=O)cc1. The average Bonchev–Trinajstić information content (AvgIpc) is 2.26. The minimum absolute atomic E-state index is 0.101. The van der Waals surface area contributed by atoms with Crippen LogP contribution in [-0.2, 0) is 11.3 Å². The van der Waals surface area contributed by atoms with Crippen molar-refractivity contribution >= 4 is 5.78 Å². The molecular weight excluding hydrogens is 188 g/mol. The van der Waals surface area contributed by atoms with Gasteiger partial charge in [0.1, 0.15) is 0 Å². The third-order valence-electron chi connectivity index (χ3n) is 2.47. The normalized spacial score (nSPS) is 12.5. The number of ether oxygens (including phenoxy) is 1. The summed E-state index contributed by atoms with van der Waals surface area (Å²) in [7, 11) is 0. The molecule has 1 atom stereocenters. The Kier molecular flexibility index (Phi) is 4.50. The van der Waals surface area contributed by atoms with Gasteiger partial charge in [-0.3, -0.25) is 4.79 Å². The van der Waals surface area contributed by atoms with Crippen LogP contribution in [-0.4, -0.2) is 11.9 Å². The fourth-order valence-electron chi connectivity index (χ4n) is 1.19. The Hall–Kier alpha value is -1.15. The summed E-state index contributed by atoms with van der Waals surface area (Å²) >= 11 is 0. The lowest BCUT2D eigenvalue weighted by molar-refractivity contribution is 0.0508. The largest absolute Gasteiger partial charge is 0.374 e. The summed E-state index contributed by atoms with van der Waals surface area (Å²) in [5.74, 6) is 0.101. The molecule has 0 saturated heterocycles. The smallest absolute Gasteiger partial charge is 0.159 e. The number of carbonyl (C=O) groups excluding carboxylic acids is 1. The third kappa shape index (κ3) is 3.84. The standard InChI is InChI=1S/C13H18O2/c1-4-10(2)15-9-12-5-7-13(8-6-12)11(3)14/h5-8,10H,4,9H2,1-3H3/t10-/m1/s1. The Balaban J connectivity index is 2.53. The van der Waals surface area contributed by atoms with Crippen molar-refractivity contribution in [3.63, 3.8) is 0 Å². The van der Waals surface area contributed by atoms with Gasteiger partial charge in [-0.1, -0.05) is 31.2 Å². The molecule has 2 nitrogen and oxygen atoms in total. The van der Waals surface area contributed by atoms with Gasteiger partial charge in [0.2, 0.25) is 0 Å². The van der Waals surface area contributed by atoms with Crippen LogP contribution in [0.4, 0.5) is 0 Å². The highest BCUT2D eigenvalue weighted by Crippen LogP contribution is 2.08. The number of benzene rings is 1. The van der Waals surface area contributed by atoms with Gasteiger partial charge in [-0.25, -0.2) is 0 Å². The molecule has 0 amide bonds. The van der Waals surface area contributed by atoms with E-state index in [1.54, 1.807) is 6.92 Å². The van der Waals surface area contributed by atoms with E-state index >= 15 is 0 Å². The van der Waals surface area contributed by atoms with Gasteiger partial charge in [0.05, 0.1) is 12.7 Å². The molecule has 1 aromatic rings. The van der Waals surface area contributed by atoms with Gasteiger partial charge in [-0.2, -0.15) is 0 Å². The average molecular weight is 206 g/mol. The van der Waals surface area contributed by atoms with Crippen LogP contribution in [0, 0.1) is 0 Å². The fourth-order valence-corrected chi connectivity index (χ4v) is 1.19. The maximum Gasteiger partial charge on any atom is 0.159 e. The molecule has 0 spiro atoms. The van der Waals surface area contributed by atoms with Crippen LogP contribution in [0.2, 0.25) is 0 Å². The quantitative estimate of drug-likeness (QED) is 0.691. The molecule has 0 bridgehead atoms. The lowest BCUT2D eigenvalue weighted by Gasteiger charge is -2.10. The second-order valence-corrected chi connectivity index (χ2v) is 3.78. The molecule has 0 fully saturated rings. The maximum absolute atomic E-state index is 11.0. The molecule has 15 heavy (non-hydrogen) atoms. The summed E-state index contributed by atoms with van der Waals surface area (Å²) in [5, 5.41) is 0. The molecule has 0 saturated carbocycles. The molecule has 0 radical (unpaired) electrons. The van der Waals surface area contributed by atoms with Gasteiger partial charge >= 0.3 is 0 Å². The second kappa shape index (κ2) is 5.66. The number of ketones is 1. The van der Waals surface area contributed by atoms with Crippen molar-refractivity contribution in [3.05, 3.63) is 35.4 Å². The van der Waals surface area contributed by atoms with Crippen molar-refractivity contribution in [2.45, 2.75) is 39.9 Å². The van der Waals surface area contributed by atoms with Crippen LogP contribution < -0.4 is 0 Å². The molecule has 1 aromatic carbocycles. The predicted octanol–water partition coefficient (Wildman–Crippen LogP) is 3.20. The Morgan fingerprint density at radius 3 is 2.40 bits per heavy atom. The first-order valence-electron chi connectivity index (χ1n) is 5.35. The summed E-state index contributed by atoms with van der Waals surface area (Å²) in [5.41, 5.74) is 1.86. The van der Waals surface area contributed by atoms with Crippen molar-refractivity contribution in [1.82, 2.24) is 0 Å². The lowest BCUT2D eigenvalue weighted by Crippen LogP contribution is -2.06. The first kappa shape index (κ1) is 11.9. The topological polar surface area (TPSA) is 26.3 Å². The van der Waals surface area contributed by atoms with Crippen LogP contribution in [0.3, 0.4) is 0 Å². The van der Waals surface area contributed by atoms with E-state index in [9.17, 15) is 4.79 Å². The molecule has 0 N–H and O–H groups in total. The first-order chi connectivity index (χ1) is 7.13. The molecular formula is C13H18O2. The van der Waals surface area contributed by atoms with Crippen LogP contribution >= 0.6 is 0 Å². The van der Waals surface area contributed by atoms with E-state index in [1.807, 2.05) is 24.3 Å². The molecule has 0 unspecified atom stereocenters. The van der Waals surface area contributed by atoms with Crippen LogP contribution in [0.5, 0.6) is 0 Å². The summed E-state index contributed by atoms with van der Waals surface area (Å²) in [4.78, 5) is 11.0.